The molecule has 1 rings (SSSR count). The van der Waals surface area contributed by atoms with Gasteiger partial charge < -0.3 is 14.2 Å². The molecule has 0 spiro atoms. The van der Waals surface area contributed by atoms with Gasteiger partial charge >= 0.3 is 13.6 Å². The van der Waals surface area contributed by atoms with Crippen LogP contribution in [-0.2, 0) is 24.8 Å². The Kier molecular flexibility index (Phi) is 8.31. The Morgan fingerprint density at radius 2 is 2.00 bits per heavy atom. The highest BCUT2D eigenvalue weighted by atomic mass is 31.2. The number of carbonyl (C=O) groups is 1. The Morgan fingerprint density at radius 1 is 1.32 bits per heavy atom. The van der Waals surface area contributed by atoms with Crippen molar-refractivity contribution < 1.29 is 23.5 Å². The lowest BCUT2D eigenvalue weighted by Crippen LogP contribution is -2.23. The van der Waals surface area contributed by atoms with Gasteiger partial charge in [0.15, 0.2) is 5.66 Å². The van der Waals surface area contributed by atoms with E-state index in [1.807, 2.05) is 12.1 Å². The van der Waals surface area contributed by atoms with Crippen LogP contribution >= 0.6 is 7.60 Å². The fraction of sp³-hybridized carbons (Fsp3) is 0.600. The van der Waals surface area contributed by atoms with Crippen molar-refractivity contribution in [1.82, 2.24) is 4.98 Å². The zero-order chi connectivity index (χ0) is 16.4. The van der Waals surface area contributed by atoms with E-state index >= 15 is 0 Å². The minimum atomic E-state index is -3.61. The van der Waals surface area contributed by atoms with E-state index in [4.69, 9.17) is 9.05 Å². The maximum atomic E-state index is 12.6. The molecule has 0 saturated heterocycles. The highest BCUT2D eigenvalue weighted by Gasteiger charge is 2.40. The first kappa shape index (κ1) is 18.8. The minimum Gasteiger partial charge on any atom is -0.481 e. The summed E-state index contributed by atoms with van der Waals surface area (Å²) in [6, 6.07) is 3.85. The number of carboxylic acid groups (broad SMARTS) is 1. The summed E-state index contributed by atoms with van der Waals surface area (Å²) < 4.78 is 22.9. The summed E-state index contributed by atoms with van der Waals surface area (Å²) in [5, 5.41) is 9.34. The van der Waals surface area contributed by atoms with Crippen LogP contribution in [0.5, 0.6) is 0 Å². The zero-order valence-corrected chi connectivity index (χ0v) is 14.0. The molecule has 0 aliphatic rings. The van der Waals surface area contributed by atoms with E-state index in [0.29, 0.717) is 6.42 Å². The van der Waals surface area contributed by atoms with Crippen molar-refractivity contribution in [2.24, 2.45) is 0 Å². The summed E-state index contributed by atoms with van der Waals surface area (Å²) in [6.45, 7) is 3.67. The van der Waals surface area contributed by atoms with Gasteiger partial charge in [-0.25, -0.2) is 0 Å². The van der Waals surface area contributed by atoms with Gasteiger partial charge in [0.25, 0.3) is 0 Å². The SMILES string of the molecule is CCOP(=O)(OCC)[C@@H](CCCCc1cccnc1)C(=O)O. The molecule has 1 N–H and O–H groups in total. The van der Waals surface area contributed by atoms with Crippen LogP contribution in [0.1, 0.15) is 38.7 Å². The van der Waals surface area contributed by atoms with Crippen molar-refractivity contribution in [2.45, 2.75) is 45.2 Å². The van der Waals surface area contributed by atoms with Crippen molar-refractivity contribution in [1.29, 1.82) is 0 Å². The number of pyridine rings is 1. The zero-order valence-electron chi connectivity index (χ0n) is 13.1. The minimum absolute atomic E-state index is 0.163. The molecule has 1 aromatic rings. The standard InChI is InChI=1S/C15H24NO5P/c1-3-20-22(19,21-4-2)14(15(17)18)10-6-5-8-13-9-7-11-16-12-13/h7,9,11-12,14H,3-6,8,10H2,1-2H3,(H,17,18)/t14-/m0/s1. The third kappa shape index (κ3) is 5.87. The monoisotopic (exact) mass is 329 g/mol. The molecular weight excluding hydrogens is 305 g/mol. The quantitative estimate of drug-likeness (QED) is 0.494. The Balaban J connectivity index is 2.56. The van der Waals surface area contributed by atoms with E-state index in [-0.39, 0.29) is 19.6 Å². The average Bonchev–Trinajstić information content (AvgIpc) is 2.48. The Bertz CT molecular complexity index is 484. The molecule has 0 saturated carbocycles. The van der Waals surface area contributed by atoms with Crippen LogP contribution in [0.3, 0.4) is 0 Å². The largest absolute Gasteiger partial charge is 0.481 e. The van der Waals surface area contributed by atoms with Gasteiger partial charge in [-0.15, -0.1) is 0 Å². The summed E-state index contributed by atoms with van der Waals surface area (Å²) >= 11 is 0. The highest BCUT2D eigenvalue weighted by Crippen LogP contribution is 2.54. The highest BCUT2D eigenvalue weighted by molar-refractivity contribution is 7.55. The molecule has 22 heavy (non-hydrogen) atoms. The molecule has 0 amide bonds. The van der Waals surface area contributed by atoms with Crippen LogP contribution in [0.25, 0.3) is 0 Å². The molecule has 1 heterocycles. The van der Waals surface area contributed by atoms with Gasteiger partial charge in [-0.05, 0) is 44.7 Å². The predicted molar refractivity (Wildman–Crippen MR) is 84.1 cm³/mol. The van der Waals surface area contributed by atoms with Crippen molar-refractivity contribution >= 4 is 13.6 Å². The fourth-order valence-corrected chi connectivity index (χ4v) is 4.13. The summed E-state index contributed by atoms with van der Waals surface area (Å²) in [7, 11) is -3.61. The van der Waals surface area contributed by atoms with Crippen molar-refractivity contribution in [2.75, 3.05) is 13.2 Å². The predicted octanol–water partition coefficient (Wildman–Crippen LogP) is 3.51. The number of nitrogens with zero attached hydrogens (tertiary/aromatic N) is 1. The molecule has 0 fully saturated rings. The van der Waals surface area contributed by atoms with Crippen LogP contribution < -0.4 is 0 Å². The van der Waals surface area contributed by atoms with Gasteiger partial charge in [0.1, 0.15) is 0 Å². The lowest BCUT2D eigenvalue weighted by Gasteiger charge is -2.23. The van der Waals surface area contributed by atoms with Gasteiger partial charge in [-0.3, -0.25) is 14.3 Å². The molecule has 6 nitrogen and oxygen atoms in total. The van der Waals surface area contributed by atoms with Crippen LogP contribution in [-0.4, -0.2) is 34.9 Å². The molecule has 0 radical (unpaired) electrons. The lowest BCUT2D eigenvalue weighted by atomic mass is 10.1. The number of aryl methyl sites for hydroxylation is 1. The van der Waals surface area contributed by atoms with E-state index in [1.165, 1.54) is 0 Å². The topological polar surface area (TPSA) is 85.7 Å². The third-order valence-electron chi connectivity index (χ3n) is 3.20. The molecule has 124 valence electrons. The number of carboxylic acids is 1. The molecular formula is C15H24NO5P. The first-order valence-corrected chi connectivity index (χ1v) is 9.15. The van der Waals surface area contributed by atoms with E-state index in [2.05, 4.69) is 4.98 Å². The molecule has 0 aliphatic heterocycles. The van der Waals surface area contributed by atoms with Gasteiger partial charge in [0.05, 0.1) is 13.2 Å². The molecule has 0 bridgehead atoms. The summed E-state index contributed by atoms with van der Waals surface area (Å²) in [6.07, 6.45) is 6.02. The average molecular weight is 329 g/mol. The third-order valence-corrected chi connectivity index (χ3v) is 5.68. The van der Waals surface area contributed by atoms with Crippen LogP contribution in [0, 0.1) is 0 Å². The first-order chi connectivity index (χ1) is 10.5. The molecule has 0 aromatic carbocycles. The van der Waals surface area contributed by atoms with Crippen molar-refractivity contribution in [3.63, 3.8) is 0 Å². The second-order valence-electron chi connectivity index (χ2n) is 4.84. The van der Waals surface area contributed by atoms with Crippen molar-refractivity contribution in [3.8, 4) is 0 Å². The fourth-order valence-electron chi connectivity index (χ4n) is 2.21. The second kappa shape index (κ2) is 9.72. The second-order valence-corrected chi connectivity index (χ2v) is 7.06. The number of aliphatic carboxylic acids is 1. The van der Waals surface area contributed by atoms with E-state index < -0.39 is 19.2 Å². The lowest BCUT2D eigenvalue weighted by molar-refractivity contribution is -0.137. The number of rotatable bonds is 11. The molecule has 7 heteroatoms. The molecule has 1 atom stereocenters. The van der Waals surface area contributed by atoms with Gasteiger partial charge in [-0.1, -0.05) is 12.5 Å². The molecule has 1 aromatic heterocycles. The Hall–Kier alpha value is -1.23. The maximum absolute atomic E-state index is 12.6. The van der Waals surface area contributed by atoms with Crippen LogP contribution in [0.15, 0.2) is 24.5 Å². The number of hydrogen-bond acceptors (Lipinski definition) is 5. The summed E-state index contributed by atoms with van der Waals surface area (Å²) in [4.78, 5) is 15.5. The molecule has 0 unspecified atom stereocenters. The number of unbranched alkanes of at least 4 members (excludes halogenated alkanes) is 1. The van der Waals surface area contributed by atoms with E-state index in [1.54, 1.807) is 26.2 Å². The smallest absolute Gasteiger partial charge is 0.344 e. The summed E-state index contributed by atoms with van der Waals surface area (Å²) in [5.41, 5.74) is -0.00604. The van der Waals surface area contributed by atoms with Gasteiger partial charge in [0.2, 0.25) is 0 Å². The van der Waals surface area contributed by atoms with E-state index in [9.17, 15) is 14.5 Å². The number of aromatic nitrogens is 1. The van der Waals surface area contributed by atoms with Crippen LogP contribution in [0.4, 0.5) is 0 Å². The Labute approximate surface area is 131 Å². The van der Waals surface area contributed by atoms with Crippen molar-refractivity contribution in [3.05, 3.63) is 30.1 Å². The number of hydrogen-bond donors (Lipinski definition) is 1. The Morgan fingerprint density at radius 3 is 2.50 bits per heavy atom. The van der Waals surface area contributed by atoms with Crippen LogP contribution in [0.2, 0.25) is 0 Å². The van der Waals surface area contributed by atoms with Gasteiger partial charge in [-0.2, -0.15) is 0 Å². The molecule has 0 aliphatic carbocycles. The normalized spacial score (nSPS) is 13.0. The maximum Gasteiger partial charge on any atom is 0.344 e. The summed E-state index contributed by atoms with van der Waals surface area (Å²) in [5.74, 6) is -1.13. The first-order valence-electron chi connectivity index (χ1n) is 7.54. The van der Waals surface area contributed by atoms with E-state index in [0.717, 1.165) is 18.4 Å². The van der Waals surface area contributed by atoms with Gasteiger partial charge in [0, 0.05) is 12.4 Å².